The Hall–Kier alpha value is -1.76. The maximum Gasteiger partial charge on any atom is 0.253 e. The molecule has 1 aliphatic heterocycles. The van der Waals surface area contributed by atoms with E-state index in [1.54, 1.807) is 28.2 Å². The van der Waals surface area contributed by atoms with Crippen LogP contribution in [0.1, 0.15) is 34.2 Å². The molecule has 4 rings (SSSR count). The minimum absolute atomic E-state index is 0.0781. The molecule has 0 unspecified atom stereocenters. The molecule has 6 heteroatoms. The third kappa shape index (κ3) is 2.97. The second-order valence-electron chi connectivity index (χ2n) is 6.12. The van der Waals surface area contributed by atoms with Gasteiger partial charge in [-0.15, -0.1) is 22.7 Å². The first-order valence-electron chi connectivity index (χ1n) is 8.06. The van der Waals surface area contributed by atoms with E-state index in [0.717, 1.165) is 33.5 Å². The first-order valence-corrected chi connectivity index (χ1v) is 9.82. The number of rotatable bonds is 3. The Bertz CT molecular complexity index is 836. The van der Waals surface area contributed by atoms with Gasteiger partial charge in [-0.05, 0) is 48.4 Å². The fraction of sp³-hybridized carbons (Fsp3) is 0.333. The fourth-order valence-electron chi connectivity index (χ4n) is 3.28. The zero-order valence-electron chi connectivity index (χ0n) is 13.1. The molecule has 0 aliphatic carbocycles. The van der Waals surface area contributed by atoms with E-state index < -0.39 is 6.10 Å². The SMILES string of the molecule is O=C(c1ccc2ncsc2c1)N1CCC([C@@H](O)c2cccs2)CC1. The second-order valence-corrected chi connectivity index (χ2v) is 7.99. The average molecular weight is 358 g/mol. The smallest absolute Gasteiger partial charge is 0.253 e. The van der Waals surface area contributed by atoms with E-state index in [2.05, 4.69) is 4.98 Å². The maximum absolute atomic E-state index is 12.7. The number of fused-ring (bicyclic) bond motifs is 1. The Balaban J connectivity index is 1.42. The van der Waals surface area contributed by atoms with Gasteiger partial charge in [-0.1, -0.05) is 6.07 Å². The third-order valence-electron chi connectivity index (χ3n) is 4.69. The molecule has 0 radical (unpaired) electrons. The third-order valence-corrected chi connectivity index (χ3v) is 6.42. The summed E-state index contributed by atoms with van der Waals surface area (Å²) in [6.07, 6.45) is 1.28. The van der Waals surface area contributed by atoms with Gasteiger partial charge < -0.3 is 10.0 Å². The minimum atomic E-state index is -0.407. The van der Waals surface area contributed by atoms with Gasteiger partial charge in [-0.25, -0.2) is 4.98 Å². The van der Waals surface area contributed by atoms with Crippen LogP contribution < -0.4 is 0 Å². The van der Waals surface area contributed by atoms with Gasteiger partial charge in [0.05, 0.1) is 21.8 Å². The summed E-state index contributed by atoms with van der Waals surface area (Å²) in [7, 11) is 0. The van der Waals surface area contributed by atoms with E-state index in [4.69, 9.17) is 0 Å². The first kappa shape index (κ1) is 15.7. The van der Waals surface area contributed by atoms with Gasteiger partial charge in [0.15, 0.2) is 0 Å². The van der Waals surface area contributed by atoms with Crippen LogP contribution in [0.15, 0.2) is 41.2 Å². The molecule has 124 valence electrons. The van der Waals surface area contributed by atoms with E-state index in [9.17, 15) is 9.90 Å². The van der Waals surface area contributed by atoms with Crippen molar-refractivity contribution in [3.63, 3.8) is 0 Å². The number of benzene rings is 1. The van der Waals surface area contributed by atoms with Gasteiger partial charge in [0, 0.05) is 23.5 Å². The van der Waals surface area contributed by atoms with Gasteiger partial charge in [-0.3, -0.25) is 4.79 Å². The number of aliphatic hydroxyl groups excluding tert-OH is 1. The predicted octanol–water partition coefficient (Wildman–Crippen LogP) is 3.94. The summed E-state index contributed by atoms with van der Waals surface area (Å²) in [4.78, 5) is 19.9. The number of hydrogen-bond acceptors (Lipinski definition) is 5. The molecule has 0 bridgehead atoms. The second kappa shape index (κ2) is 6.63. The van der Waals surface area contributed by atoms with Crippen molar-refractivity contribution in [2.45, 2.75) is 18.9 Å². The Morgan fingerprint density at radius 1 is 1.25 bits per heavy atom. The van der Waals surface area contributed by atoms with E-state index in [0.29, 0.717) is 13.1 Å². The molecule has 1 amide bonds. The van der Waals surface area contributed by atoms with Gasteiger partial charge in [0.25, 0.3) is 5.91 Å². The molecule has 1 fully saturated rings. The van der Waals surface area contributed by atoms with Crippen LogP contribution in [0.5, 0.6) is 0 Å². The molecule has 4 nitrogen and oxygen atoms in total. The van der Waals surface area contributed by atoms with Crippen LogP contribution in [-0.2, 0) is 0 Å². The number of thiophene rings is 1. The number of carbonyl (C=O) groups excluding carboxylic acids is 1. The van der Waals surface area contributed by atoms with Crippen LogP contribution in [-0.4, -0.2) is 34.0 Å². The Morgan fingerprint density at radius 2 is 2.08 bits per heavy atom. The topological polar surface area (TPSA) is 53.4 Å². The van der Waals surface area contributed by atoms with Crippen molar-refractivity contribution in [2.24, 2.45) is 5.92 Å². The molecule has 1 saturated heterocycles. The lowest BCUT2D eigenvalue weighted by molar-refractivity contribution is 0.0474. The quantitative estimate of drug-likeness (QED) is 0.771. The molecule has 0 spiro atoms. The van der Waals surface area contributed by atoms with Crippen molar-refractivity contribution in [3.8, 4) is 0 Å². The van der Waals surface area contributed by atoms with Crippen molar-refractivity contribution >= 4 is 38.8 Å². The summed E-state index contributed by atoms with van der Waals surface area (Å²) in [5, 5.41) is 12.5. The normalized spacial score (nSPS) is 17.3. The number of aliphatic hydroxyl groups is 1. The lowest BCUT2D eigenvalue weighted by Crippen LogP contribution is -2.39. The van der Waals surface area contributed by atoms with E-state index in [-0.39, 0.29) is 11.8 Å². The Labute approximate surface area is 148 Å². The summed E-state index contributed by atoms with van der Waals surface area (Å²) in [5.74, 6) is 0.311. The molecule has 1 atom stereocenters. The van der Waals surface area contributed by atoms with Gasteiger partial charge >= 0.3 is 0 Å². The number of nitrogens with zero attached hydrogens (tertiary/aromatic N) is 2. The number of carbonyl (C=O) groups is 1. The number of thiazole rings is 1. The number of piperidine rings is 1. The van der Waals surface area contributed by atoms with E-state index >= 15 is 0 Å². The molecule has 2 aromatic heterocycles. The molecule has 1 aromatic carbocycles. The summed E-state index contributed by atoms with van der Waals surface area (Å²) < 4.78 is 1.05. The van der Waals surface area contributed by atoms with Gasteiger partial charge in [0.2, 0.25) is 0 Å². The van der Waals surface area contributed by atoms with Crippen LogP contribution in [0, 0.1) is 5.92 Å². The molecule has 24 heavy (non-hydrogen) atoms. The molecule has 1 N–H and O–H groups in total. The highest BCUT2D eigenvalue weighted by atomic mass is 32.1. The summed E-state index contributed by atoms with van der Waals surface area (Å²) in [5.41, 5.74) is 3.47. The first-order chi connectivity index (χ1) is 11.7. The molecular formula is C18H18N2O2S2. The number of aromatic nitrogens is 1. The number of likely N-dealkylation sites (tertiary alicyclic amines) is 1. The van der Waals surface area contributed by atoms with Crippen LogP contribution in [0.3, 0.4) is 0 Å². The molecule has 3 aromatic rings. The van der Waals surface area contributed by atoms with Gasteiger partial charge in [-0.2, -0.15) is 0 Å². The van der Waals surface area contributed by atoms with Crippen LogP contribution >= 0.6 is 22.7 Å². The minimum Gasteiger partial charge on any atom is -0.387 e. The molecular weight excluding hydrogens is 340 g/mol. The Kier molecular flexibility index (Phi) is 4.35. The number of hydrogen-bond donors (Lipinski definition) is 1. The molecule has 3 heterocycles. The van der Waals surface area contributed by atoms with Crippen molar-refractivity contribution in [2.75, 3.05) is 13.1 Å². The van der Waals surface area contributed by atoms with E-state index in [1.165, 1.54) is 0 Å². The van der Waals surface area contributed by atoms with Crippen LogP contribution in [0.2, 0.25) is 0 Å². The molecule has 1 aliphatic rings. The van der Waals surface area contributed by atoms with E-state index in [1.807, 2.05) is 40.6 Å². The summed E-state index contributed by atoms with van der Waals surface area (Å²) in [6.45, 7) is 1.40. The standard InChI is InChI=1S/C18H18N2O2S2/c21-17(15-2-1-9-23-15)12-5-7-20(8-6-12)18(22)13-3-4-14-16(10-13)24-11-19-14/h1-4,9-12,17,21H,5-8H2/t17-/m1/s1. The summed E-state index contributed by atoms with van der Waals surface area (Å²) >= 11 is 3.15. The highest BCUT2D eigenvalue weighted by Gasteiger charge is 2.29. The molecule has 0 saturated carbocycles. The van der Waals surface area contributed by atoms with Crippen molar-refractivity contribution in [1.29, 1.82) is 0 Å². The monoisotopic (exact) mass is 358 g/mol. The van der Waals surface area contributed by atoms with Crippen LogP contribution in [0.4, 0.5) is 0 Å². The van der Waals surface area contributed by atoms with Crippen molar-refractivity contribution < 1.29 is 9.90 Å². The zero-order valence-corrected chi connectivity index (χ0v) is 14.7. The van der Waals surface area contributed by atoms with Crippen molar-refractivity contribution in [3.05, 3.63) is 51.7 Å². The summed E-state index contributed by atoms with van der Waals surface area (Å²) in [6, 6.07) is 9.65. The number of amides is 1. The maximum atomic E-state index is 12.7. The van der Waals surface area contributed by atoms with Gasteiger partial charge in [0.1, 0.15) is 0 Å². The largest absolute Gasteiger partial charge is 0.387 e. The lowest BCUT2D eigenvalue weighted by Gasteiger charge is -2.34. The highest BCUT2D eigenvalue weighted by Crippen LogP contribution is 2.33. The Morgan fingerprint density at radius 3 is 2.83 bits per heavy atom. The van der Waals surface area contributed by atoms with Crippen molar-refractivity contribution in [1.82, 2.24) is 9.88 Å². The average Bonchev–Trinajstić information content (AvgIpc) is 3.31. The lowest BCUT2D eigenvalue weighted by atomic mass is 9.90. The zero-order chi connectivity index (χ0) is 16.5. The predicted molar refractivity (Wildman–Crippen MR) is 97.5 cm³/mol. The van der Waals surface area contributed by atoms with Crippen LogP contribution in [0.25, 0.3) is 10.2 Å². The fourth-order valence-corrected chi connectivity index (χ4v) is 4.80. The highest BCUT2D eigenvalue weighted by molar-refractivity contribution is 7.16.